The van der Waals surface area contributed by atoms with Gasteiger partial charge >= 0.3 is 6.18 Å². The van der Waals surface area contributed by atoms with E-state index in [2.05, 4.69) is 5.10 Å². The molecule has 2 N–H and O–H groups in total. The standard InChI is InChI=1S/C14H9F4N3.2C2H6/c15-10-3-1-8(2-4-10)12-11-7-9(14(16,17)18)5-6-21(11)20-13(12)19;2*1-2/h1-7H,(H2,19,20);2*1-2H3. The molecule has 0 amide bonds. The quantitative estimate of drug-likeness (QED) is 0.561. The summed E-state index contributed by atoms with van der Waals surface area (Å²) in [6.45, 7) is 8.00. The van der Waals surface area contributed by atoms with Crippen LogP contribution in [0.3, 0.4) is 0 Å². The molecule has 25 heavy (non-hydrogen) atoms. The van der Waals surface area contributed by atoms with E-state index in [9.17, 15) is 17.6 Å². The van der Waals surface area contributed by atoms with Gasteiger partial charge in [0.25, 0.3) is 0 Å². The van der Waals surface area contributed by atoms with E-state index in [0.29, 0.717) is 11.1 Å². The van der Waals surface area contributed by atoms with Gasteiger partial charge in [0.15, 0.2) is 5.82 Å². The van der Waals surface area contributed by atoms with Crippen molar-refractivity contribution in [3.8, 4) is 11.1 Å². The summed E-state index contributed by atoms with van der Waals surface area (Å²) in [5.41, 5.74) is 6.05. The highest BCUT2D eigenvalue weighted by Gasteiger charge is 2.31. The van der Waals surface area contributed by atoms with E-state index in [1.54, 1.807) is 0 Å². The second-order valence-corrected chi connectivity index (χ2v) is 4.51. The number of pyridine rings is 1. The molecule has 0 atom stereocenters. The molecule has 0 aliphatic rings. The number of rotatable bonds is 1. The van der Waals surface area contributed by atoms with Gasteiger partial charge in [-0.25, -0.2) is 8.91 Å². The molecule has 0 saturated carbocycles. The number of hydrogen-bond donors (Lipinski definition) is 1. The fourth-order valence-electron chi connectivity index (χ4n) is 2.15. The molecule has 2 aromatic heterocycles. The van der Waals surface area contributed by atoms with Gasteiger partial charge in [-0.15, -0.1) is 0 Å². The summed E-state index contributed by atoms with van der Waals surface area (Å²) in [6, 6.07) is 7.22. The van der Waals surface area contributed by atoms with Crippen LogP contribution < -0.4 is 5.73 Å². The van der Waals surface area contributed by atoms with E-state index in [1.807, 2.05) is 27.7 Å². The molecule has 0 aliphatic heterocycles. The Morgan fingerprint density at radius 1 is 0.960 bits per heavy atom. The summed E-state index contributed by atoms with van der Waals surface area (Å²) < 4.78 is 52.6. The maximum absolute atomic E-state index is 13.0. The van der Waals surface area contributed by atoms with Crippen molar-refractivity contribution >= 4 is 11.3 Å². The Morgan fingerprint density at radius 2 is 1.52 bits per heavy atom. The van der Waals surface area contributed by atoms with Crippen LogP contribution in [-0.4, -0.2) is 9.61 Å². The number of hydrogen-bond acceptors (Lipinski definition) is 2. The lowest BCUT2D eigenvalue weighted by atomic mass is 10.1. The molecule has 3 aromatic rings. The third kappa shape index (κ3) is 4.49. The van der Waals surface area contributed by atoms with E-state index in [1.165, 1.54) is 35.0 Å². The van der Waals surface area contributed by atoms with Crippen LogP contribution in [0.1, 0.15) is 33.3 Å². The molecule has 0 saturated heterocycles. The number of aromatic nitrogens is 2. The highest BCUT2D eigenvalue weighted by molar-refractivity contribution is 5.88. The number of nitrogen functional groups attached to an aromatic ring is 1. The summed E-state index contributed by atoms with van der Waals surface area (Å²) in [5, 5.41) is 3.97. The Morgan fingerprint density at radius 3 is 2.04 bits per heavy atom. The van der Waals surface area contributed by atoms with Crippen LogP contribution in [0, 0.1) is 5.82 Å². The monoisotopic (exact) mass is 355 g/mol. The van der Waals surface area contributed by atoms with Gasteiger partial charge in [0.1, 0.15) is 5.82 Å². The van der Waals surface area contributed by atoms with Crippen molar-refractivity contribution in [2.45, 2.75) is 33.9 Å². The SMILES string of the molecule is CC.CC.Nc1nn2ccc(C(F)(F)F)cc2c1-c1ccc(F)cc1. The molecular formula is C18H21F4N3. The second-order valence-electron chi connectivity index (χ2n) is 4.51. The first-order chi connectivity index (χ1) is 11.9. The van der Waals surface area contributed by atoms with Gasteiger partial charge in [0.2, 0.25) is 0 Å². The number of anilines is 1. The fourth-order valence-corrected chi connectivity index (χ4v) is 2.15. The largest absolute Gasteiger partial charge is 0.416 e. The predicted molar refractivity (Wildman–Crippen MR) is 92.7 cm³/mol. The summed E-state index contributed by atoms with van der Waals surface area (Å²) >= 11 is 0. The van der Waals surface area contributed by atoms with E-state index >= 15 is 0 Å². The number of benzene rings is 1. The van der Waals surface area contributed by atoms with Crippen molar-refractivity contribution in [1.82, 2.24) is 9.61 Å². The van der Waals surface area contributed by atoms with E-state index in [4.69, 9.17) is 5.73 Å². The fraction of sp³-hybridized carbons (Fsp3) is 0.278. The molecule has 2 heterocycles. The minimum absolute atomic E-state index is 0.0842. The highest BCUT2D eigenvalue weighted by atomic mass is 19.4. The van der Waals surface area contributed by atoms with Crippen molar-refractivity contribution in [2.75, 3.05) is 5.73 Å². The molecule has 7 heteroatoms. The summed E-state index contributed by atoms with van der Waals surface area (Å²) in [5.74, 6) is -0.356. The Balaban J connectivity index is 0.000000730. The minimum atomic E-state index is -4.46. The van der Waals surface area contributed by atoms with Gasteiger partial charge in [-0.05, 0) is 29.8 Å². The van der Waals surface area contributed by atoms with Crippen molar-refractivity contribution in [2.24, 2.45) is 0 Å². The van der Waals surface area contributed by atoms with Gasteiger partial charge < -0.3 is 5.73 Å². The average molecular weight is 355 g/mol. The molecule has 136 valence electrons. The van der Waals surface area contributed by atoms with E-state index in [-0.39, 0.29) is 11.3 Å². The number of halogens is 4. The topological polar surface area (TPSA) is 43.3 Å². The number of nitrogens with two attached hydrogens (primary N) is 1. The molecule has 0 fully saturated rings. The summed E-state index contributed by atoms with van der Waals surface area (Å²) in [6.07, 6.45) is -3.26. The van der Waals surface area contributed by atoms with Crippen LogP contribution in [0.5, 0.6) is 0 Å². The average Bonchev–Trinajstić information content (AvgIpc) is 2.93. The van der Waals surface area contributed by atoms with E-state index in [0.717, 1.165) is 12.1 Å². The van der Waals surface area contributed by atoms with Crippen LogP contribution in [-0.2, 0) is 6.18 Å². The lowest BCUT2D eigenvalue weighted by Gasteiger charge is -2.07. The summed E-state index contributed by atoms with van der Waals surface area (Å²) in [4.78, 5) is 0. The maximum Gasteiger partial charge on any atom is 0.416 e. The molecule has 1 aromatic carbocycles. The smallest absolute Gasteiger partial charge is 0.382 e. The number of alkyl halides is 3. The molecular weight excluding hydrogens is 334 g/mol. The van der Waals surface area contributed by atoms with Crippen LogP contribution in [0.4, 0.5) is 23.4 Å². The lowest BCUT2D eigenvalue weighted by molar-refractivity contribution is -0.137. The minimum Gasteiger partial charge on any atom is -0.382 e. The van der Waals surface area contributed by atoms with Crippen molar-refractivity contribution in [3.05, 3.63) is 54.0 Å². The molecule has 0 unspecified atom stereocenters. The Bertz CT molecular complexity index is 806. The summed E-state index contributed by atoms with van der Waals surface area (Å²) in [7, 11) is 0. The lowest BCUT2D eigenvalue weighted by Crippen LogP contribution is -2.05. The van der Waals surface area contributed by atoms with Gasteiger partial charge in [0, 0.05) is 6.20 Å². The second kappa shape index (κ2) is 8.50. The number of nitrogens with zero attached hydrogens (tertiary/aromatic N) is 2. The third-order valence-corrected chi connectivity index (χ3v) is 3.12. The highest BCUT2D eigenvalue weighted by Crippen LogP contribution is 2.35. The predicted octanol–water partition coefficient (Wildman–Crippen LogP) is 5.79. The molecule has 0 radical (unpaired) electrons. The first-order valence-electron chi connectivity index (χ1n) is 7.97. The van der Waals surface area contributed by atoms with Crippen molar-refractivity contribution in [3.63, 3.8) is 0 Å². The molecule has 3 rings (SSSR count). The Kier molecular flexibility index (Phi) is 6.97. The third-order valence-electron chi connectivity index (χ3n) is 3.12. The van der Waals surface area contributed by atoms with Crippen molar-refractivity contribution in [1.29, 1.82) is 0 Å². The van der Waals surface area contributed by atoms with Crippen molar-refractivity contribution < 1.29 is 17.6 Å². The zero-order chi connectivity index (χ0) is 19.2. The zero-order valence-corrected chi connectivity index (χ0v) is 14.5. The van der Waals surface area contributed by atoms with Crippen LogP contribution >= 0.6 is 0 Å². The molecule has 0 aliphatic carbocycles. The van der Waals surface area contributed by atoms with Gasteiger partial charge in [0.05, 0.1) is 16.6 Å². The first kappa shape index (κ1) is 20.5. The molecule has 3 nitrogen and oxygen atoms in total. The first-order valence-corrected chi connectivity index (χ1v) is 7.97. The Hall–Kier alpha value is -2.57. The number of fused-ring (bicyclic) bond motifs is 1. The van der Waals surface area contributed by atoms with Crippen LogP contribution in [0.2, 0.25) is 0 Å². The van der Waals surface area contributed by atoms with E-state index < -0.39 is 17.6 Å². The zero-order valence-electron chi connectivity index (χ0n) is 14.5. The maximum atomic E-state index is 13.0. The Labute approximate surface area is 144 Å². The van der Waals surface area contributed by atoms with Crippen LogP contribution in [0.25, 0.3) is 16.6 Å². The molecule has 0 spiro atoms. The van der Waals surface area contributed by atoms with Gasteiger partial charge in [-0.1, -0.05) is 39.8 Å². The van der Waals surface area contributed by atoms with Crippen LogP contribution in [0.15, 0.2) is 42.6 Å². The molecule has 0 bridgehead atoms. The van der Waals surface area contributed by atoms with Gasteiger partial charge in [-0.2, -0.15) is 18.3 Å². The van der Waals surface area contributed by atoms with Gasteiger partial charge in [-0.3, -0.25) is 0 Å². The normalized spacial score (nSPS) is 10.6.